The number of aliphatic hydroxyl groups is 1. The molecule has 1 aromatic carbocycles. The van der Waals surface area contributed by atoms with Gasteiger partial charge in [0.15, 0.2) is 0 Å². The van der Waals surface area contributed by atoms with Gasteiger partial charge in [-0.1, -0.05) is 24.3 Å². The van der Waals surface area contributed by atoms with E-state index in [0.717, 1.165) is 30.0 Å². The van der Waals surface area contributed by atoms with Crippen LogP contribution in [0.2, 0.25) is 0 Å². The summed E-state index contributed by atoms with van der Waals surface area (Å²) >= 11 is 0. The van der Waals surface area contributed by atoms with E-state index < -0.39 is 0 Å². The molecule has 0 radical (unpaired) electrons. The van der Waals surface area contributed by atoms with Crippen LogP contribution in [0.5, 0.6) is 0 Å². The Morgan fingerprint density at radius 3 is 2.80 bits per heavy atom. The van der Waals surface area contributed by atoms with Gasteiger partial charge in [0.2, 0.25) is 0 Å². The van der Waals surface area contributed by atoms with Crippen molar-refractivity contribution in [3.63, 3.8) is 0 Å². The van der Waals surface area contributed by atoms with E-state index in [4.69, 9.17) is 0 Å². The Labute approximate surface area is 118 Å². The molecule has 1 aromatic heterocycles. The topological polar surface area (TPSA) is 53.4 Å². The number of fused-ring (bicyclic) bond motifs is 1. The first-order valence-electron chi connectivity index (χ1n) is 7.07. The van der Waals surface area contributed by atoms with E-state index in [1.807, 2.05) is 30.3 Å². The zero-order valence-corrected chi connectivity index (χ0v) is 11.3. The fourth-order valence-electron chi connectivity index (χ4n) is 2.68. The highest BCUT2D eigenvalue weighted by molar-refractivity contribution is 6.05. The van der Waals surface area contributed by atoms with Crippen LogP contribution in [0.15, 0.2) is 36.5 Å². The molecule has 20 heavy (non-hydrogen) atoms. The quantitative estimate of drug-likeness (QED) is 0.926. The molecule has 1 saturated carbocycles. The Morgan fingerprint density at radius 2 is 2.10 bits per heavy atom. The van der Waals surface area contributed by atoms with Crippen LogP contribution < -0.4 is 0 Å². The van der Waals surface area contributed by atoms with E-state index in [0.29, 0.717) is 12.2 Å². The minimum Gasteiger partial charge on any atom is -0.395 e. The number of carbonyl (C=O) groups is 1. The van der Waals surface area contributed by atoms with E-state index in [1.54, 1.807) is 11.1 Å². The number of benzene rings is 1. The molecule has 0 atom stereocenters. The van der Waals surface area contributed by atoms with Gasteiger partial charge in [0, 0.05) is 24.2 Å². The van der Waals surface area contributed by atoms with Gasteiger partial charge in [-0.2, -0.15) is 0 Å². The summed E-state index contributed by atoms with van der Waals surface area (Å²) < 4.78 is 0. The molecule has 104 valence electrons. The van der Waals surface area contributed by atoms with Gasteiger partial charge in [-0.25, -0.2) is 0 Å². The maximum absolute atomic E-state index is 12.7. The number of nitrogens with zero attached hydrogens (tertiary/aromatic N) is 2. The lowest BCUT2D eigenvalue weighted by Crippen LogP contribution is -2.46. The molecule has 1 aliphatic rings. The second kappa shape index (κ2) is 5.59. The van der Waals surface area contributed by atoms with Gasteiger partial charge < -0.3 is 10.0 Å². The number of aromatic nitrogens is 1. The largest absolute Gasteiger partial charge is 0.395 e. The molecule has 1 amide bonds. The molecule has 1 N–H and O–H groups in total. The molecule has 1 aliphatic carbocycles. The van der Waals surface area contributed by atoms with E-state index in [-0.39, 0.29) is 18.6 Å². The molecule has 4 nitrogen and oxygen atoms in total. The second-order valence-corrected chi connectivity index (χ2v) is 5.19. The Hall–Kier alpha value is -1.94. The summed E-state index contributed by atoms with van der Waals surface area (Å²) in [6.07, 6.45) is 4.88. The lowest BCUT2D eigenvalue weighted by molar-refractivity contribution is 0.0522. The van der Waals surface area contributed by atoms with Crippen molar-refractivity contribution >= 4 is 16.7 Å². The number of hydrogen-bond acceptors (Lipinski definition) is 3. The predicted molar refractivity (Wildman–Crippen MR) is 77.5 cm³/mol. The van der Waals surface area contributed by atoms with Crippen molar-refractivity contribution in [2.45, 2.75) is 25.3 Å². The molecule has 0 spiro atoms. The van der Waals surface area contributed by atoms with Crippen LogP contribution in [-0.2, 0) is 0 Å². The minimum absolute atomic E-state index is 0.00694. The number of amides is 1. The van der Waals surface area contributed by atoms with E-state index >= 15 is 0 Å². The highest BCUT2D eigenvalue weighted by atomic mass is 16.3. The second-order valence-electron chi connectivity index (χ2n) is 5.19. The molecule has 1 heterocycles. The third-order valence-electron chi connectivity index (χ3n) is 3.99. The smallest absolute Gasteiger partial charge is 0.273 e. The lowest BCUT2D eigenvalue weighted by atomic mass is 9.91. The van der Waals surface area contributed by atoms with Gasteiger partial charge in [0.25, 0.3) is 5.91 Å². The van der Waals surface area contributed by atoms with Crippen molar-refractivity contribution in [1.82, 2.24) is 9.88 Å². The maximum Gasteiger partial charge on any atom is 0.273 e. The van der Waals surface area contributed by atoms with E-state index in [1.165, 1.54) is 0 Å². The number of hydrogen-bond donors (Lipinski definition) is 1. The lowest BCUT2D eigenvalue weighted by Gasteiger charge is -2.37. The van der Waals surface area contributed by atoms with Crippen molar-refractivity contribution in [2.75, 3.05) is 13.2 Å². The average molecular weight is 270 g/mol. The Morgan fingerprint density at radius 1 is 1.30 bits per heavy atom. The number of pyridine rings is 1. The molecule has 0 aliphatic heterocycles. The third kappa shape index (κ3) is 2.27. The summed E-state index contributed by atoms with van der Waals surface area (Å²) in [5, 5.41) is 11.1. The first-order chi connectivity index (χ1) is 9.81. The van der Waals surface area contributed by atoms with Crippen molar-refractivity contribution in [3.05, 3.63) is 42.2 Å². The maximum atomic E-state index is 12.7. The number of aliphatic hydroxyl groups excluding tert-OH is 1. The summed E-state index contributed by atoms with van der Waals surface area (Å²) in [5.74, 6) is -0.0689. The van der Waals surface area contributed by atoms with Crippen LogP contribution in [0.1, 0.15) is 29.8 Å². The fourth-order valence-corrected chi connectivity index (χ4v) is 2.68. The zero-order valence-electron chi connectivity index (χ0n) is 11.3. The molecule has 3 rings (SSSR count). The average Bonchev–Trinajstić information content (AvgIpc) is 2.43. The van der Waals surface area contributed by atoms with Crippen LogP contribution >= 0.6 is 0 Å². The molecule has 0 saturated heterocycles. The number of rotatable bonds is 4. The molecule has 1 fully saturated rings. The summed E-state index contributed by atoms with van der Waals surface area (Å²) in [6.45, 7) is 0.376. The molecule has 4 heteroatoms. The van der Waals surface area contributed by atoms with E-state index in [2.05, 4.69) is 4.98 Å². The van der Waals surface area contributed by atoms with Gasteiger partial charge in [0.1, 0.15) is 5.69 Å². The van der Waals surface area contributed by atoms with Crippen LogP contribution in [0, 0.1) is 0 Å². The molecular weight excluding hydrogens is 252 g/mol. The zero-order chi connectivity index (χ0) is 13.9. The monoisotopic (exact) mass is 270 g/mol. The van der Waals surface area contributed by atoms with Gasteiger partial charge in [-0.3, -0.25) is 9.78 Å². The van der Waals surface area contributed by atoms with Crippen molar-refractivity contribution in [2.24, 2.45) is 0 Å². The Bertz CT molecular complexity index is 617. The highest BCUT2D eigenvalue weighted by Crippen LogP contribution is 2.27. The Balaban J connectivity index is 1.98. The predicted octanol–water partition coefficient (Wildman–Crippen LogP) is 2.22. The van der Waals surface area contributed by atoms with Crippen LogP contribution in [-0.4, -0.2) is 40.1 Å². The first kappa shape index (κ1) is 13.1. The normalized spacial score (nSPS) is 15.1. The van der Waals surface area contributed by atoms with Gasteiger partial charge in [-0.05, 0) is 30.7 Å². The van der Waals surface area contributed by atoms with Crippen molar-refractivity contribution < 1.29 is 9.90 Å². The standard InChI is InChI=1S/C16H18N2O2/c19-11-10-18(13-5-3-6-13)16(20)15-14-7-2-1-4-12(14)8-9-17-15/h1-2,4,7-9,13,19H,3,5-6,10-11H2. The SMILES string of the molecule is O=C(c1nccc2ccccc12)N(CCO)C1CCC1. The Kier molecular flexibility index (Phi) is 3.65. The summed E-state index contributed by atoms with van der Waals surface area (Å²) in [7, 11) is 0. The van der Waals surface area contributed by atoms with Gasteiger partial charge in [-0.15, -0.1) is 0 Å². The molecule has 0 bridgehead atoms. The molecular formula is C16H18N2O2. The van der Waals surface area contributed by atoms with Gasteiger partial charge >= 0.3 is 0 Å². The third-order valence-corrected chi connectivity index (χ3v) is 3.99. The fraction of sp³-hybridized carbons (Fsp3) is 0.375. The van der Waals surface area contributed by atoms with Crippen LogP contribution in [0.4, 0.5) is 0 Å². The van der Waals surface area contributed by atoms with Crippen LogP contribution in [0.25, 0.3) is 10.8 Å². The summed E-state index contributed by atoms with van der Waals surface area (Å²) in [6, 6.07) is 9.94. The van der Waals surface area contributed by atoms with Crippen molar-refractivity contribution in [1.29, 1.82) is 0 Å². The summed E-state index contributed by atoms with van der Waals surface area (Å²) in [5.41, 5.74) is 0.489. The van der Waals surface area contributed by atoms with Crippen LogP contribution in [0.3, 0.4) is 0 Å². The highest BCUT2D eigenvalue weighted by Gasteiger charge is 2.30. The number of carbonyl (C=O) groups excluding carboxylic acids is 1. The summed E-state index contributed by atoms with van der Waals surface area (Å²) in [4.78, 5) is 18.8. The molecule has 0 unspecified atom stereocenters. The minimum atomic E-state index is -0.0689. The van der Waals surface area contributed by atoms with Crippen molar-refractivity contribution in [3.8, 4) is 0 Å². The van der Waals surface area contributed by atoms with E-state index in [9.17, 15) is 9.90 Å². The van der Waals surface area contributed by atoms with Gasteiger partial charge in [0.05, 0.1) is 6.61 Å². The first-order valence-corrected chi connectivity index (χ1v) is 7.07. The molecule has 2 aromatic rings.